The van der Waals surface area contributed by atoms with Crippen LogP contribution in [0.1, 0.15) is 110 Å². The SMILES string of the molecule is CCCCCCCCCCCCCCCCCC(=O)Nc1cccc[n+]1C.[Cl-]. The average Bonchev–Trinajstić information content (AvgIpc) is 2.66. The number of carbonyl (C=O) groups excluding carboxylic acids is 1. The van der Waals surface area contributed by atoms with Gasteiger partial charge in [-0.3, -0.25) is 0 Å². The first kappa shape index (κ1) is 26.9. The minimum absolute atomic E-state index is 0. The van der Waals surface area contributed by atoms with Gasteiger partial charge in [-0.05, 0) is 12.5 Å². The number of amides is 1. The molecule has 162 valence electrons. The number of aryl methyl sites for hydroxylation is 1. The molecule has 0 aliphatic carbocycles. The number of carbonyl (C=O) groups is 1. The van der Waals surface area contributed by atoms with Gasteiger partial charge in [0.25, 0.3) is 5.82 Å². The molecule has 0 aliphatic rings. The Morgan fingerprint density at radius 1 is 0.786 bits per heavy atom. The number of unbranched alkanes of at least 4 members (excludes halogenated alkanes) is 14. The molecule has 0 aromatic carbocycles. The van der Waals surface area contributed by atoms with Crippen molar-refractivity contribution in [3.8, 4) is 0 Å². The number of pyridine rings is 1. The molecule has 0 saturated heterocycles. The van der Waals surface area contributed by atoms with E-state index in [2.05, 4.69) is 12.2 Å². The van der Waals surface area contributed by atoms with Gasteiger partial charge in [0.05, 0.1) is 13.2 Å². The summed E-state index contributed by atoms with van der Waals surface area (Å²) in [5.41, 5.74) is 0. The lowest BCUT2D eigenvalue weighted by Crippen LogP contribution is -3.00. The van der Waals surface area contributed by atoms with Gasteiger partial charge >= 0.3 is 5.91 Å². The van der Waals surface area contributed by atoms with Crippen molar-refractivity contribution in [2.75, 3.05) is 5.32 Å². The second-order valence-corrected chi connectivity index (χ2v) is 7.94. The lowest BCUT2D eigenvalue weighted by molar-refractivity contribution is -0.657. The van der Waals surface area contributed by atoms with Crippen molar-refractivity contribution < 1.29 is 21.8 Å². The number of nitrogens with zero attached hydrogens (tertiary/aromatic N) is 1. The van der Waals surface area contributed by atoms with E-state index < -0.39 is 0 Å². The van der Waals surface area contributed by atoms with Crippen molar-refractivity contribution in [3.05, 3.63) is 24.4 Å². The van der Waals surface area contributed by atoms with Crippen LogP contribution in [0, 0.1) is 0 Å². The van der Waals surface area contributed by atoms with Gasteiger partial charge in [-0.1, -0.05) is 103 Å². The second kappa shape index (κ2) is 19.2. The Hall–Kier alpha value is -1.09. The van der Waals surface area contributed by atoms with Crippen molar-refractivity contribution in [1.29, 1.82) is 0 Å². The number of nitrogens with one attached hydrogen (secondary N) is 1. The first-order valence-corrected chi connectivity index (χ1v) is 11.5. The molecule has 0 saturated carbocycles. The number of hydrogen-bond donors (Lipinski definition) is 1. The number of hydrogen-bond acceptors (Lipinski definition) is 1. The number of anilines is 1. The maximum atomic E-state index is 12.0. The fraction of sp³-hybridized carbons (Fsp3) is 0.750. The Morgan fingerprint density at radius 3 is 1.71 bits per heavy atom. The molecule has 0 aliphatic heterocycles. The van der Waals surface area contributed by atoms with Crippen LogP contribution in [0.3, 0.4) is 0 Å². The third kappa shape index (κ3) is 14.9. The van der Waals surface area contributed by atoms with E-state index in [0.29, 0.717) is 6.42 Å². The van der Waals surface area contributed by atoms with E-state index in [1.165, 1.54) is 89.9 Å². The van der Waals surface area contributed by atoms with Crippen molar-refractivity contribution in [2.24, 2.45) is 7.05 Å². The van der Waals surface area contributed by atoms with Gasteiger partial charge in [-0.2, -0.15) is 0 Å². The monoisotopic (exact) mass is 410 g/mol. The van der Waals surface area contributed by atoms with E-state index in [-0.39, 0.29) is 18.3 Å². The lowest BCUT2D eigenvalue weighted by Gasteiger charge is -2.03. The zero-order chi connectivity index (χ0) is 19.6. The molecule has 1 aromatic heterocycles. The van der Waals surface area contributed by atoms with Gasteiger partial charge in [0.1, 0.15) is 0 Å². The van der Waals surface area contributed by atoms with E-state index in [1.807, 2.05) is 36.0 Å². The molecule has 0 atom stereocenters. The van der Waals surface area contributed by atoms with E-state index in [1.54, 1.807) is 0 Å². The Bertz CT molecular complexity index is 493. The fourth-order valence-electron chi connectivity index (χ4n) is 3.52. The Morgan fingerprint density at radius 2 is 1.25 bits per heavy atom. The molecule has 4 heteroatoms. The standard InChI is InChI=1S/C24H42N2O.ClH/c1-3-4-5-6-7-8-9-10-11-12-13-14-15-16-17-21-24(27)25-23-20-18-19-22-26(23)2;/h18-20,22H,3-17,21H2,1-2H3;1H. The lowest BCUT2D eigenvalue weighted by atomic mass is 10.0. The van der Waals surface area contributed by atoms with Crippen LogP contribution in [-0.2, 0) is 11.8 Å². The highest BCUT2D eigenvalue weighted by Crippen LogP contribution is 2.13. The highest BCUT2D eigenvalue weighted by Gasteiger charge is 2.10. The van der Waals surface area contributed by atoms with Crippen LogP contribution in [0.15, 0.2) is 24.4 Å². The number of aromatic nitrogens is 1. The molecule has 1 amide bonds. The fourth-order valence-corrected chi connectivity index (χ4v) is 3.52. The topological polar surface area (TPSA) is 33.0 Å². The second-order valence-electron chi connectivity index (χ2n) is 7.94. The minimum Gasteiger partial charge on any atom is -1.00 e. The van der Waals surface area contributed by atoms with Crippen LogP contribution in [0.25, 0.3) is 0 Å². The van der Waals surface area contributed by atoms with Crippen LogP contribution >= 0.6 is 0 Å². The van der Waals surface area contributed by atoms with E-state index in [0.717, 1.165) is 12.2 Å². The van der Waals surface area contributed by atoms with E-state index >= 15 is 0 Å². The van der Waals surface area contributed by atoms with Crippen molar-refractivity contribution in [1.82, 2.24) is 0 Å². The molecular weight excluding hydrogens is 368 g/mol. The summed E-state index contributed by atoms with van der Waals surface area (Å²) in [5, 5.41) is 2.98. The Balaban J connectivity index is 0.00000729. The summed E-state index contributed by atoms with van der Waals surface area (Å²) in [6.07, 6.45) is 22.9. The molecule has 0 spiro atoms. The summed E-state index contributed by atoms with van der Waals surface area (Å²) in [6, 6.07) is 5.85. The minimum atomic E-state index is 0. The molecule has 1 N–H and O–H groups in total. The summed E-state index contributed by atoms with van der Waals surface area (Å²) in [5.74, 6) is 0.995. The van der Waals surface area contributed by atoms with Gasteiger partial charge in [0.15, 0.2) is 0 Å². The predicted molar refractivity (Wildman–Crippen MR) is 116 cm³/mol. The maximum absolute atomic E-state index is 12.0. The zero-order valence-corrected chi connectivity index (χ0v) is 19.1. The first-order chi connectivity index (χ1) is 13.2. The molecule has 1 rings (SSSR count). The summed E-state index contributed by atoms with van der Waals surface area (Å²) < 4.78 is 1.93. The van der Waals surface area contributed by atoms with Crippen molar-refractivity contribution >= 4 is 11.7 Å². The highest BCUT2D eigenvalue weighted by molar-refractivity contribution is 5.88. The van der Waals surface area contributed by atoms with Gasteiger partial charge < -0.3 is 12.4 Å². The number of halogens is 1. The van der Waals surface area contributed by atoms with E-state index in [9.17, 15) is 4.79 Å². The maximum Gasteiger partial charge on any atom is 0.307 e. The molecule has 3 nitrogen and oxygen atoms in total. The quantitative estimate of drug-likeness (QED) is 0.308. The van der Waals surface area contributed by atoms with Gasteiger partial charge in [0, 0.05) is 12.5 Å². The van der Waals surface area contributed by atoms with Crippen molar-refractivity contribution in [2.45, 2.75) is 110 Å². The van der Waals surface area contributed by atoms with Crippen LogP contribution < -0.4 is 22.3 Å². The molecule has 0 radical (unpaired) electrons. The Labute approximate surface area is 180 Å². The van der Waals surface area contributed by atoms with E-state index in [4.69, 9.17) is 0 Å². The largest absolute Gasteiger partial charge is 1.00 e. The smallest absolute Gasteiger partial charge is 0.307 e. The third-order valence-electron chi connectivity index (χ3n) is 5.33. The summed E-state index contributed by atoms with van der Waals surface area (Å²) in [6.45, 7) is 2.28. The third-order valence-corrected chi connectivity index (χ3v) is 5.33. The molecule has 1 heterocycles. The number of rotatable bonds is 17. The van der Waals surface area contributed by atoms with Crippen LogP contribution in [0.4, 0.5) is 5.82 Å². The van der Waals surface area contributed by atoms with Gasteiger partial charge in [-0.15, -0.1) is 0 Å². The Kier molecular flexibility index (Phi) is 18.5. The van der Waals surface area contributed by atoms with Crippen LogP contribution in [0.5, 0.6) is 0 Å². The molecule has 0 unspecified atom stereocenters. The van der Waals surface area contributed by atoms with Crippen LogP contribution in [-0.4, -0.2) is 5.91 Å². The van der Waals surface area contributed by atoms with Gasteiger partial charge in [0.2, 0.25) is 0 Å². The molecular formula is C24H43ClN2O. The molecule has 28 heavy (non-hydrogen) atoms. The summed E-state index contributed by atoms with van der Waals surface area (Å²) in [4.78, 5) is 12.0. The zero-order valence-electron chi connectivity index (χ0n) is 18.4. The molecule has 1 aromatic rings. The summed E-state index contributed by atoms with van der Waals surface area (Å²) in [7, 11) is 1.95. The highest BCUT2D eigenvalue weighted by atomic mass is 35.5. The van der Waals surface area contributed by atoms with Gasteiger partial charge in [-0.25, -0.2) is 14.7 Å². The van der Waals surface area contributed by atoms with Crippen molar-refractivity contribution in [3.63, 3.8) is 0 Å². The summed E-state index contributed by atoms with van der Waals surface area (Å²) >= 11 is 0. The van der Waals surface area contributed by atoms with Crippen LogP contribution in [0.2, 0.25) is 0 Å². The predicted octanol–water partition coefficient (Wildman–Crippen LogP) is 3.72. The molecule has 0 fully saturated rings. The first-order valence-electron chi connectivity index (χ1n) is 11.5. The average molecular weight is 411 g/mol. The normalized spacial score (nSPS) is 10.5. The molecule has 0 bridgehead atoms.